The summed E-state index contributed by atoms with van der Waals surface area (Å²) in [5.41, 5.74) is -1.07. The first-order chi connectivity index (χ1) is 10.0. The minimum Gasteiger partial charge on any atom is -0.480 e. The van der Waals surface area contributed by atoms with Crippen LogP contribution in [0.25, 0.3) is 0 Å². The summed E-state index contributed by atoms with van der Waals surface area (Å²) in [4.78, 5) is 23.5. The molecule has 0 aromatic carbocycles. The minimum absolute atomic E-state index is 0.344. The van der Waals surface area contributed by atoms with Gasteiger partial charge in [-0.3, -0.25) is 0 Å². The van der Waals surface area contributed by atoms with Crippen LogP contribution in [-0.2, 0) is 4.79 Å². The van der Waals surface area contributed by atoms with Crippen LogP contribution >= 0.6 is 0 Å². The van der Waals surface area contributed by atoms with E-state index in [1.54, 1.807) is 0 Å². The molecule has 1 saturated carbocycles. The highest BCUT2D eigenvalue weighted by Gasteiger charge is 2.42. The van der Waals surface area contributed by atoms with E-state index in [0.717, 1.165) is 38.5 Å². The maximum atomic E-state index is 11.9. The van der Waals surface area contributed by atoms with Crippen molar-refractivity contribution in [3.63, 3.8) is 0 Å². The van der Waals surface area contributed by atoms with Crippen molar-refractivity contribution in [1.82, 2.24) is 10.6 Å². The van der Waals surface area contributed by atoms with Crippen LogP contribution in [-0.4, -0.2) is 29.2 Å². The maximum Gasteiger partial charge on any atom is 0.329 e. The zero-order valence-corrected chi connectivity index (χ0v) is 13.4. The summed E-state index contributed by atoms with van der Waals surface area (Å²) in [6.45, 7) is 4.89. The Morgan fingerprint density at radius 2 is 1.81 bits per heavy atom. The summed E-state index contributed by atoms with van der Waals surface area (Å²) in [5.74, 6) is -0.311. The molecule has 0 bridgehead atoms. The summed E-state index contributed by atoms with van der Waals surface area (Å²) in [5, 5.41) is 15.0. The lowest BCUT2D eigenvalue weighted by Gasteiger charge is -2.37. The Balaban J connectivity index is 2.40. The molecule has 1 aliphatic rings. The third-order valence-corrected chi connectivity index (χ3v) is 4.61. The van der Waals surface area contributed by atoms with Gasteiger partial charge in [0, 0.05) is 6.54 Å². The Hall–Kier alpha value is -1.26. The number of carbonyl (C=O) groups is 2. The van der Waals surface area contributed by atoms with E-state index >= 15 is 0 Å². The van der Waals surface area contributed by atoms with E-state index in [-0.39, 0.29) is 6.03 Å². The molecular weight excluding hydrogens is 268 g/mol. The molecule has 1 rings (SSSR count). The second kappa shape index (κ2) is 8.90. The van der Waals surface area contributed by atoms with E-state index in [1.165, 1.54) is 6.42 Å². The molecule has 0 spiro atoms. The first-order valence-corrected chi connectivity index (χ1v) is 8.33. The van der Waals surface area contributed by atoms with Crippen LogP contribution in [0, 0.1) is 5.92 Å². The monoisotopic (exact) mass is 298 g/mol. The molecule has 0 atom stereocenters. The normalized spacial score (nSPS) is 25.3. The lowest BCUT2D eigenvalue weighted by molar-refractivity contribution is -0.146. The van der Waals surface area contributed by atoms with Crippen molar-refractivity contribution in [2.45, 2.75) is 77.2 Å². The van der Waals surface area contributed by atoms with Gasteiger partial charge in [0.2, 0.25) is 0 Å². The van der Waals surface area contributed by atoms with Gasteiger partial charge in [0.25, 0.3) is 0 Å². The van der Waals surface area contributed by atoms with E-state index < -0.39 is 11.5 Å². The Bertz CT molecular complexity index is 336. The van der Waals surface area contributed by atoms with Gasteiger partial charge in [0.1, 0.15) is 5.54 Å². The number of unbranched alkanes of at least 4 members (excludes halogenated alkanes) is 3. The molecule has 0 aromatic rings. The fourth-order valence-corrected chi connectivity index (χ4v) is 2.99. The van der Waals surface area contributed by atoms with Crippen LogP contribution < -0.4 is 10.6 Å². The summed E-state index contributed by atoms with van der Waals surface area (Å²) >= 11 is 0. The number of carboxylic acids is 1. The number of aliphatic carboxylic acids is 1. The van der Waals surface area contributed by atoms with E-state index in [2.05, 4.69) is 24.5 Å². The average molecular weight is 298 g/mol. The van der Waals surface area contributed by atoms with Crippen molar-refractivity contribution in [2.24, 2.45) is 5.92 Å². The molecule has 0 aliphatic heterocycles. The number of urea groups is 1. The number of rotatable bonds is 8. The van der Waals surface area contributed by atoms with Crippen LogP contribution in [0.3, 0.4) is 0 Å². The van der Waals surface area contributed by atoms with Gasteiger partial charge in [-0.05, 0) is 38.0 Å². The quantitative estimate of drug-likeness (QED) is 0.602. The van der Waals surface area contributed by atoms with E-state index in [9.17, 15) is 14.7 Å². The maximum absolute atomic E-state index is 11.9. The highest BCUT2D eigenvalue weighted by Crippen LogP contribution is 2.33. The molecule has 0 unspecified atom stereocenters. The standard InChI is InChI=1S/C16H30N2O3/c1-3-5-6-7-12-17-15(21)18-16(14(19)20)10-8-13(4-2)9-11-16/h13H,3-12H2,1-2H3,(H,19,20)(H2,17,18,21). The minimum atomic E-state index is -1.07. The van der Waals surface area contributed by atoms with Gasteiger partial charge in [0.05, 0.1) is 0 Å². The van der Waals surface area contributed by atoms with E-state index in [4.69, 9.17) is 0 Å². The zero-order valence-electron chi connectivity index (χ0n) is 13.4. The fourth-order valence-electron chi connectivity index (χ4n) is 2.99. The molecule has 3 N–H and O–H groups in total. The smallest absolute Gasteiger partial charge is 0.329 e. The molecule has 0 saturated heterocycles. The number of hydrogen-bond acceptors (Lipinski definition) is 2. The van der Waals surface area contributed by atoms with Crippen molar-refractivity contribution in [3.8, 4) is 0 Å². The molecule has 122 valence electrons. The van der Waals surface area contributed by atoms with Gasteiger partial charge in [0.15, 0.2) is 0 Å². The van der Waals surface area contributed by atoms with Crippen molar-refractivity contribution in [1.29, 1.82) is 0 Å². The number of carboxylic acid groups (broad SMARTS) is 1. The first kappa shape index (κ1) is 17.8. The largest absolute Gasteiger partial charge is 0.480 e. The molecule has 5 heteroatoms. The summed E-state index contributed by atoms with van der Waals surface area (Å²) in [7, 11) is 0. The predicted molar refractivity (Wildman–Crippen MR) is 83.3 cm³/mol. The molecular formula is C16H30N2O3. The van der Waals surface area contributed by atoms with Gasteiger partial charge in [-0.1, -0.05) is 39.5 Å². The summed E-state index contributed by atoms with van der Waals surface area (Å²) in [6, 6.07) is -0.344. The molecule has 0 radical (unpaired) electrons. The number of hydrogen-bond donors (Lipinski definition) is 3. The fraction of sp³-hybridized carbons (Fsp3) is 0.875. The molecule has 1 fully saturated rings. The Kier molecular flexibility index (Phi) is 7.54. The van der Waals surface area contributed by atoms with Gasteiger partial charge >= 0.3 is 12.0 Å². The third kappa shape index (κ3) is 5.56. The highest BCUT2D eigenvalue weighted by atomic mass is 16.4. The molecule has 0 aromatic heterocycles. The lowest BCUT2D eigenvalue weighted by atomic mass is 9.75. The van der Waals surface area contributed by atoms with Crippen LogP contribution in [0.1, 0.15) is 71.6 Å². The number of nitrogens with one attached hydrogen (secondary N) is 2. The van der Waals surface area contributed by atoms with Gasteiger partial charge in [-0.15, -0.1) is 0 Å². The van der Waals surface area contributed by atoms with Crippen LogP contribution in [0.2, 0.25) is 0 Å². The average Bonchev–Trinajstić information content (AvgIpc) is 2.47. The first-order valence-electron chi connectivity index (χ1n) is 8.33. The van der Waals surface area contributed by atoms with Gasteiger partial charge < -0.3 is 15.7 Å². The Morgan fingerprint density at radius 3 is 2.33 bits per heavy atom. The summed E-state index contributed by atoms with van der Waals surface area (Å²) in [6.07, 6.45) is 8.26. The number of carbonyl (C=O) groups excluding carboxylic acids is 1. The van der Waals surface area contributed by atoms with E-state index in [1.807, 2.05) is 0 Å². The molecule has 2 amide bonds. The van der Waals surface area contributed by atoms with Crippen LogP contribution in [0.5, 0.6) is 0 Å². The van der Waals surface area contributed by atoms with E-state index in [0.29, 0.717) is 25.3 Å². The molecule has 5 nitrogen and oxygen atoms in total. The van der Waals surface area contributed by atoms with Crippen molar-refractivity contribution >= 4 is 12.0 Å². The Morgan fingerprint density at radius 1 is 1.14 bits per heavy atom. The topological polar surface area (TPSA) is 78.4 Å². The van der Waals surface area contributed by atoms with Crippen LogP contribution in [0.4, 0.5) is 4.79 Å². The molecule has 1 aliphatic carbocycles. The lowest BCUT2D eigenvalue weighted by Crippen LogP contribution is -2.58. The molecule has 0 heterocycles. The Labute approximate surface area is 127 Å². The molecule has 21 heavy (non-hydrogen) atoms. The van der Waals surface area contributed by atoms with Crippen LogP contribution in [0.15, 0.2) is 0 Å². The third-order valence-electron chi connectivity index (χ3n) is 4.61. The number of amides is 2. The van der Waals surface area contributed by atoms with Crippen molar-refractivity contribution in [2.75, 3.05) is 6.54 Å². The second-order valence-corrected chi connectivity index (χ2v) is 6.18. The zero-order chi connectivity index (χ0) is 15.7. The van der Waals surface area contributed by atoms with Crippen molar-refractivity contribution in [3.05, 3.63) is 0 Å². The van der Waals surface area contributed by atoms with Gasteiger partial charge in [-0.25, -0.2) is 9.59 Å². The summed E-state index contributed by atoms with van der Waals surface area (Å²) < 4.78 is 0. The van der Waals surface area contributed by atoms with Crippen molar-refractivity contribution < 1.29 is 14.7 Å². The highest BCUT2D eigenvalue weighted by molar-refractivity contribution is 5.86. The second-order valence-electron chi connectivity index (χ2n) is 6.18. The predicted octanol–water partition coefficient (Wildman–Crippen LogP) is 3.29. The SMILES string of the molecule is CCCCCCNC(=O)NC1(C(=O)O)CCC(CC)CC1. The van der Waals surface area contributed by atoms with Gasteiger partial charge in [-0.2, -0.15) is 0 Å².